The van der Waals surface area contributed by atoms with Crippen LogP contribution in [0.25, 0.3) is 0 Å². The lowest BCUT2D eigenvalue weighted by Gasteiger charge is -2.27. The van der Waals surface area contributed by atoms with Crippen molar-refractivity contribution in [3.63, 3.8) is 0 Å². The van der Waals surface area contributed by atoms with Crippen molar-refractivity contribution in [2.24, 2.45) is 0 Å². The van der Waals surface area contributed by atoms with Gasteiger partial charge in [0.25, 0.3) is 5.91 Å². The molecule has 0 aromatic heterocycles. The number of carbonyl (C=O) groups excluding carboxylic acids is 1. The van der Waals surface area contributed by atoms with E-state index in [1.807, 2.05) is 12.1 Å². The van der Waals surface area contributed by atoms with Gasteiger partial charge in [0, 0.05) is 0 Å². The number of terminal acetylenes is 1. The molecule has 3 nitrogen and oxygen atoms in total. The standard InChI is InChI=1S/C17H15NO2/c1-2-13-18-16(19)17(20,14-9-5-3-6-10-14)15-11-7-4-8-12-15/h1,3-12,20H,13H2,(H,18,19). The lowest BCUT2D eigenvalue weighted by molar-refractivity contribution is -0.136. The van der Waals surface area contributed by atoms with Crippen LogP contribution in [0.5, 0.6) is 0 Å². The zero-order valence-corrected chi connectivity index (χ0v) is 10.9. The molecule has 0 unspecified atom stereocenters. The molecule has 0 bridgehead atoms. The third kappa shape index (κ3) is 2.56. The van der Waals surface area contributed by atoms with Gasteiger partial charge in [0.15, 0.2) is 5.60 Å². The van der Waals surface area contributed by atoms with E-state index in [0.717, 1.165) is 0 Å². The van der Waals surface area contributed by atoms with Gasteiger partial charge in [-0.3, -0.25) is 4.79 Å². The Morgan fingerprint density at radius 1 is 1.05 bits per heavy atom. The largest absolute Gasteiger partial charge is 0.372 e. The zero-order chi connectivity index (χ0) is 14.4. The van der Waals surface area contributed by atoms with Crippen LogP contribution in [0.4, 0.5) is 0 Å². The van der Waals surface area contributed by atoms with Gasteiger partial charge in [-0.1, -0.05) is 66.6 Å². The molecule has 100 valence electrons. The van der Waals surface area contributed by atoms with E-state index in [1.165, 1.54) is 0 Å². The van der Waals surface area contributed by atoms with Gasteiger partial charge in [0.05, 0.1) is 6.54 Å². The minimum Gasteiger partial charge on any atom is -0.372 e. The highest BCUT2D eigenvalue weighted by Gasteiger charge is 2.39. The van der Waals surface area contributed by atoms with E-state index in [9.17, 15) is 9.90 Å². The molecule has 0 heterocycles. The van der Waals surface area contributed by atoms with Gasteiger partial charge >= 0.3 is 0 Å². The summed E-state index contributed by atoms with van der Waals surface area (Å²) in [5.41, 5.74) is -0.749. The van der Waals surface area contributed by atoms with Crippen molar-refractivity contribution in [3.05, 3.63) is 71.8 Å². The minimum absolute atomic E-state index is 0.0702. The summed E-state index contributed by atoms with van der Waals surface area (Å²) in [6.07, 6.45) is 5.15. The van der Waals surface area contributed by atoms with Gasteiger partial charge in [-0.2, -0.15) is 0 Å². The topological polar surface area (TPSA) is 49.3 Å². The summed E-state index contributed by atoms with van der Waals surface area (Å²) in [5.74, 6) is 1.80. The summed E-state index contributed by atoms with van der Waals surface area (Å²) in [6.45, 7) is 0.0702. The Balaban J connectivity index is 2.50. The fourth-order valence-corrected chi connectivity index (χ4v) is 2.05. The second-order valence-electron chi connectivity index (χ2n) is 4.33. The molecule has 2 rings (SSSR count). The van der Waals surface area contributed by atoms with Crippen molar-refractivity contribution >= 4 is 5.91 Å². The average molecular weight is 265 g/mol. The molecule has 0 aliphatic heterocycles. The van der Waals surface area contributed by atoms with Crippen molar-refractivity contribution in [1.82, 2.24) is 5.32 Å². The smallest absolute Gasteiger partial charge is 0.262 e. The van der Waals surface area contributed by atoms with Gasteiger partial charge in [0.2, 0.25) is 0 Å². The Labute approximate surface area is 118 Å². The maximum atomic E-state index is 12.4. The summed E-state index contributed by atoms with van der Waals surface area (Å²) >= 11 is 0. The molecule has 0 radical (unpaired) electrons. The molecule has 2 aromatic carbocycles. The number of hydrogen-bond donors (Lipinski definition) is 2. The Morgan fingerprint density at radius 3 is 1.90 bits per heavy atom. The number of rotatable bonds is 4. The van der Waals surface area contributed by atoms with E-state index in [-0.39, 0.29) is 6.54 Å². The molecule has 0 aliphatic carbocycles. The van der Waals surface area contributed by atoms with E-state index < -0.39 is 11.5 Å². The molecule has 2 N–H and O–H groups in total. The number of aliphatic hydroxyl groups is 1. The highest BCUT2D eigenvalue weighted by Crippen LogP contribution is 2.29. The molecule has 1 amide bonds. The summed E-state index contributed by atoms with van der Waals surface area (Å²) < 4.78 is 0. The summed E-state index contributed by atoms with van der Waals surface area (Å²) in [6, 6.07) is 17.6. The van der Waals surface area contributed by atoms with Gasteiger partial charge in [-0.05, 0) is 11.1 Å². The van der Waals surface area contributed by atoms with E-state index in [4.69, 9.17) is 6.42 Å². The first-order valence-corrected chi connectivity index (χ1v) is 6.24. The zero-order valence-electron chi connectivity index (χ0n) is 10.9. The summed E-state index contributed by atoms with van der Waals surface area (Å²) in [5, 5.41) is 13.5. The van der Waals surface area contributed by atoms with Gasteiger partial charge < -0.3 is 10.4 Å². The van der Waals surface area contributed by atoms with Crippen LogP contribution < -0.4 is 5.32 Å². The van der Waals surface area contributed by atoms with Crippen molar-refractivity contribution < 1.29 is 9.90 Å². The van der Waals surface area contributed by atoms with E-state index in [2.05, 4.69) is 11.2 Å². The predicted octanol–water partition coefficient (Wildman–Crippen LogP) is 1.67. The first-order valence-electron chi connectivity index (χ1n) is 6.24. The Morgan fingerprint density at radius 2 is 1.50 bits per heavy atom. The molecular weight excluding hydrogens is 250 g/mol. The molecule has 0 saturated heterocycles. The van der Waals surface area contributed by atoms with Crippen molar-refractivity contribution in [2.45, 2.75) is 5.60 Å². The first kappa shape index (κ1) is 13.9. The summed E-state index contributed by atoms with van der Waals surface area (Å²) in [4.78, 5) is 12.4. The minimum atomic E-state index is -1.75. The molecule has 0 atom stereocenters. The average Bonchev–Trinajstić information content (AvgIpc) is 2.53. The van der Waals surface area contributed by atoms with Gasteiger partial charge in [0.1, 0.15) is 0 Å². The van der Waals surface area contributed by atoms with Crippen LogP contribution >= 0.6 is 0 Å². The van der Waals surface area contributed by atoms with Crippen LogP contribution in [0.2, 0.25) is 0 Å². The van der Waals surface area contributed by atoms with Crippen molar-refractivity contribution in [3.8, 4) is 12.3 Å². The second-order valence-corrected chi connectivity index (χ2v) is 4.33. The second kappa shape index (κ2) is 6.05. The molecule has 0 fully saturated rings. The maximum Gasteiger partial charge on any atom is 0.262 e. The highest BCUT2D eigenvalue weighted by atomic mass is 16.3. The number of nitrogens with one attached hydrogen (secondary N) is 1. The molecule has 3 heteroatoms. The number of amides is 1. The van der Waals surface area contributed by atoms with E-state index in [0.29, 0.717) is 11.1 Å². The quantitative estimate of drug-likeness (QED) is 0.826. The molecular formula is C17H15NO2. The van der Waals surface area contributed by atoms with Crippen LogP contribution in [0, 0.1) is 12.3 Å². The third-order valence-electron chi connectivity index (χ3n) is 3.06. The fraction of sp³-hybridized carbons (Fsp3) is 0.118. The van der Waals surface area contributed by atoms with Crippen LogP contribution in [-0.2, 0) is 10.4 Å². The monoisotopic (exact) mass is 265 g/mol. The first-order chi connectivity index (χ1) is 9.69. The molecule has 0 spiro atoms. The highest BCUT2D eigenvalue weighted by molar-refractivity contribution is 5.90. The Hall–Kier alpha value is -2.57. The van der Waals surface area contributed by atoms with Crippen LogP contribution in [0.15, 0.2) is 60.7 Å². The lowest BCUT2D eigenvalue weighted by Crippen LogP contribution is -2.45. The van der Waals surface area contributed by atoms with E-state index >= 15 is 0 Å². The normalized spacial score (nSPS) is 10.6. The van der Waals surface area contributed by atoms with E-state index in [1.54, 1.807) is 48.5 Å². The van der Waals surface area contributed by atoms with Gasteiger partial charge in [-0.15, -0.1) is 6.42 Å². The molecule has 0 aliphatic rings. The van der Waals surface area contributed by atoms with Crippen molar-refractivity contribution in [2.75, 3.05) is 6.54 Å². The maximum absolute atomic E-state index is 12.4. The SMILES string of the molecule is C#CCNC(=O)C(O)(c1ccccc1)c1ccccc1. The Bertz CT molecular complexity index is 575. The predicted molar refractivity (Wildman–Crippen MR) is 77.7 cm³/mol. The Kier molecular flexibility index (Phi) is 4.19. The third-order valence-corrected chi connectivity index (χ3v) is 3.06. The molecule has 20 heavy (non-hydrogen) atoms. The number of hydrogen-bond acceptors (Lipinski definition) is 2. The van der Waals surface area contributed by atoms with Crippen LogP contribution in [-0.4, -0.2) is 17.6 Å². The number of benzene rings is 2. The van der Waals surface area contributed by atoms with Gasteiger partial charge in [-0.25, -0.2) is 0 Å². The molecule has 2 aromatic rings. The molecule has 0 saturated carbocycles. The lowest BCUT2D eigenvalue weighted by atomic mass is 9.85. The van der Waals surface area contributed by atoms with Crippen molar-refractivity contribution in [1.29, 1.82) is 0 Å². The fourth-order valence-electron chi connectivity index (χ4n) is 2.05. The summed E-state index contributed by atoms with van der Waals surface area (Å²) in [7, 11) is 0. The van der Waals surface area contributed by atoms with Crippen LogP contribution in [0.3, 0.4) is 0 Å². The number of carbonyl (C=O) groups is 1. The van der Waals surface area contributed by atoms with Crippen LogP contribution in [0.1, 0.15) is 11.1 Å².